The molecule has 0 saturated carbocycles. The number of hydrogen-bond donors (Lipinski definition) is 3. The fourth-order valence-electron chi connectivity index (χ4n) is 4.86. The van der Waals surface area contributed by atoms with Gasteiger partial charge in [0.25, 0.3) is 5.91 Å². The summed E-state index contributed by atoms with van der Waals surface area (Å²) in [6, 6.07) is 12.9. The lowest BCUT2D eigenvalue weighted by Crippen LogP contribution is -2.49. The number of hydrogen-bond acceptors (Lipinski definition) is 9. The van der Waals surface area contributed by atoms with Gasteiger partial charge >= 0.3 is 0 Å². The Labute approximate surface area is 214 Å². The van der Waals surface area contributed by atoms with Gasteiger partial charge in [-0.1, -0.05) is 5.16 Å². The van der Waals surface area contributed by atoms with Gasteiger partial charge in [0.1, 0.15) is 28.6 Å². The van der Waals surface area contributed by atoms with Crippen LogP contribution in [-0.2, 0) is 4.74 Å². The largest absolute Gasteiger partial charge is 0.508 e. The number of nitrogens with zero attached hydrogens (tertiary/aromatic N) is 3. The number of carbonyl (C=O) groups excluding carboxylic acids is 1. The lowest BCUT2D eigenvalue weighted by Gasteiger charge is -2.39. The molecule has 1 amide bonds. The molecule has 2 fully saturated rings. The first-order chi connectivity index (χ1) is 18.0. The predicted octanol–water partition coefficient (Wildman–Crippen LogP) is 3.79. The number of phenolic OH excluding ortho intramolecular Hbond substituents is 2. The van der Waals surface area contributed by atoms with E-state index >= 15 is 0 Å². The molecule has 37 heavy (non-hydrogen) atoms. The third kappa shape index (κ3) is 5.69. The summed E-state index contributed by atoms with van der Waals surface area (Å²) < 4.78 is 16.7. The highest BCUT2D eigenvalue weighted by molar-refractivity contribution is 5.93. The highest BCUT2D eigenvalue weighted by Crippen LogP contribution is 2.43. The lowest BCUT2D eigenvalue weighted by atomic mass is 9.99. The van der Waals surface area contributed by atoms with Crippen LogP contribution in [0.1, 0.15) is 41.7 Å². The number of ether oxygens (including phenoxy) is 2. The summed E-state index contributed by atoms with van der Waals surface area (Å²) in [5.74, 6) is -0.268. The minimum atomic E-state index is -0.354. The first-order valence-corrected chi connectivity index (χ1v) is 12.3. The maximum absolute atomic E-state index is 12.9. The Kier molecular flexibility index (Phi) is 7.25. The smallest absolute Gasteiger partial charge is 0.273 e. The number of aromatic nitrogens is 1. The van der Waals surface area contributed by atoms with Crippen LogP contribution in [0, 0.1) is 11.3 Å². The highest BCUT2D eigenvalue weighted by Gasteiger charge is 2.28. The van der Waals surface area contributed by atoms with Gasteiger partial charge in [0.15, 0.2) is 11.5 Å². The number of rotatable bonds is 6. The molecule has 2 aliphatic heterocycles. The van der Waals surface area contributed by atoms with Crippen molar-refractivity contribution in [3.8, 4) is 40.4 Å². The summed E-state index contributed by atoms with van der Waals surface area (Å²) in [4.78, 5) is 15.4. The molecule has 3 N–H and O–H groups in total. The van der Waals surface area contributed by atoms with Gasteiger partial charge in [0.05, 0.1) is 11.6 Å². The molecule has 3 aromatic rings. The van der Waals surface area contributed by atoms with Crippen LogP contribution in [0.15, 0.2) is 47.0 Å². The van der Waals surface area contributed by atoms with Gasteiger partial charge in [-0.3, -0.25) is 4.79 Å². The molecule has 1 aromatic heterocycles. The first kappa shape index (κ1) is 24.6. The van der Waals surface area contributed by atoms with Crippen molar-refractivity contribution in [3.63, 3.8) is 0 Å². The fourth-order valence-corrected chi connectivity index (χ4v) is 4.86. The molecule has 5 rings (SSSR count). The normalized spacial score (nSPS) is 17.3. The zero-order chi connectivity index (χ0) is 25.8. The maximum atomic E-state index is 12.9. The molecule has 0 unspecified atom stereocenters. The molecule has 10 nitrogen and oxygen atoms in total. The van der Waals surface area contributed by atoms with Gasteiger partial charge in [0, 0.05) is 56.6 Å². The van der Waals surface area contributed by atoms with Crippen molar-refractivity contribution in [2.45, 2.75) is 37.8 Å². The molecular formula is C27H28N4O6. The summed E-state index contributed by atoms with van der Waals surface area (Å²) in [7, 11) is 0. The zero-order valence-electron chi connectivity index (χ0n) is 20.2. The summed E-state index contributed by atoms with van der Waals surface area (Å²) in [6.07, 6.45) is 3.82. The van der Waals surface area contributed by atoms with E-state index in [2.05, 4.69) is 15.4 Å². The van der Waals surface area contributed by atoms with Gasteiger partial charge in [-0.15, -0.1) is 0 Å². The van der Waals surface area contributed by atoms with Crippen LogP contribution in [0.2, 0.25) is 0 Å². The van der Waals surface area contributed by atoms with Gasteiger partial charge in [-0.25, -0.2) is 0 Å². The van der Waals surface area contributed by atoms with Gasteiger partial charge in [0.2, 0.25) is 0 Å². The highest BCUT2D eigenvalue weighted by atomic mass is 16.5. The van der Waals surface area contributed by atoms with Gasteiger partial charge < -0.3 is 34.4 Å². The van der Waals surface area contributed by atoms with E-state index in [1.165, 1.54) is 12.1 Å². The summed E-state index contributed by atoms with van der Waals surface area (Å²) in [5, 5.41) is 36.5. The Hall–Kier alpha value is -4.07. The molecule has 2 saturated heterocycles. The van der Waals surface area contributed by atoms with E-state index < -0.39 is 0 Å². The number of piperidine rings is 1. The van der Waals surface area contributed by atoms with E-state index in [-0.39, 0.29) is 46.2 Å². The second-order valence-corrected chi connectivity index (χ2v) is 9.28. The quantitative estimate of drug-likeness (QED) is 0.457. The monoisotopic (exact) mass is 504 g/mol. The van der Waals surface area contributed by atoms with Crippen molar-refractivity contribution in [1.82, 2.24) is 15.4 Å². The molecule has 0 aliphatic carbocycles. The van der Waals surface area contributed by atoms with E-state index in [0.717, 1.165) is 58.1 Å². The second-order valence-electron chi connectivity index (χ2n) is 9.28. The molecule has 192 valence electrons. The molecule has 2 aliphatic rings. The number of phenols is 2. The Balaban J connectivity index is 1.26. The van der Waals surface area contributed by atoms with E-state index in [1.54, 1.807) is 24.3 Å². The molecule has 3 heterocycles. The molecule has 2 aromatic carbocycles. The van der Waals surface area contributed by atoms with Crippen LogP contribution in [-0.4, -0.2) is 64.6 Å². The minimum Gasteiger partial charge on any atom is -0.508 e. The standard InChI is InChI=1S/C27H28N4O6/c28-16-17-1-3-21(4-2-17)36-24-14-20(32)13-23(33)26(24)25-15-22(30-37-25)27(34)29-18-5-9-31(10-6-18)19-7-11-35-12-8-19/h1-4,13-15,18-19,32-33H,5-12H2,(H,29,34). The van der Waals surface area contributed by atoms with Crippen molar-refractivity contribution in [2.75, 3.05) is 26.3 Å². The van der Waals surface area contributed by atoms with Gasteiger partial charge in [-0.05, 0) is 49.9 Å². The lowest BCUT2D eigenvalue weighted by molar-refractivity contribution is 0.0238. The molecule has 0 bridgehead atoms. The van der Waals surface area contributed by atoms with Crippen molar-refractivity contribution in [1.29, 1.82) is 5.26 Å². The SMILES string of the molecule is N#Cc1ccc(Oc2cc(O)cc(O)c2-c2cc(C(=O)NC3CCN(C4CCOCC4)CC3)no2)cc1. The van der Waals surface area contributed by atoms with E-state index in [9.17, 15) is 15.0 Å². The summed E-state index contributed by atoms with van der Waals surface area (Å²) in [6.45, 7) is 3.48. The average Bonchev–Trinajstić information content (AvgIpc) is 3.40. The Morgan fingerprint density at radius 1 is 1.08 bits per heavy atom. The summed E-state index contributed by atoms with van der Waals surface area (Å²) in [5.41, 5.74) is 0.684. The number of nitriles is 1. The zero-order valence-corrected chi connectivity index (χ0v) is 20.2. The molecule has 0 radical (unpaired) electrons. The Morgan fingerprint density at radius 2 is 1.81 bits per heavy atom. The number of benzene rings is 2. The molecule has 10 heteroatoms. The third-order valence-corrected chi connectivity index (χ3v) is 6.84. The van der Waals surface area contributed by atoms with Crippen LogP contribution >= 0.6 is 0 Å². The van der Waals surface area contributed by atoms with Crippen LogP contribution in [0.3, 0.4) is 0 Å². The topological polar surface area (TPSA) is 141 Å². The summed E-state index contributed by atoms with van der Waals surface area (Å²) >= 11 is 0. The number of likely N-dealkylation sites (tertiary alicyclic amines) is 1. The van der Waals surface area contributed by atoms with E-state index in [1.807, 2.05) is 6.07 Å². The molecule has 0 atom stereocenters. The van der Waals surface area contributed by atoms with E-state index in [4.69, 9.17) is 19.3 Å². The van der Waals surface area contributed by atoms with Crippen LogP contribution in [0.4, 0.5) is 0 Å². The molecule has 0 spiro atoms. The number of carbonyl (C=O) groups is 1. The van der Waals surface area contributed by atoms with Crippen molar-refractivity contribution >= 4 is 5.91 Å². The van der Waals surface area contributed by atoms with Gasteiger partial charge in [-0.2, -0.15) is 5.26 Å². The van der Waals surface area contributed by atoms with Crippen molar-refractivity contribution < 1.29 is 29.0 Å². The third-order valence-electron chi connectivity index (χ3n) is 6.84. The first-order valence-electron chi connectivity index (χ1n) is 12.3. The minimum absolute atomic E-state index is 0.0427. The number of amides is 1. The predicted molar refractivity (Wildman–Crippen MR) is 132 cm³/mol. The number of nitrogens with one attached hydrogen (secondary N) is 1. The molecular weight excluding hydrogens is 476 g/mol. The van der Waals surface area contributed by atoms with Crippen LogP contribution in [0.25, 0.3) is 11.3 Å². The number of aromatic hydroxyl groups is 2. The van der Waals surface area contributed by atoms with E-state index in [0.29, 0.717) is 17.4 Å². The maximum Gasteiger partial charge on any atom is 0.273 e. The Bertz CT molecular complexity index is 1290. The Morgan fingerprint density at radius 3 is 2.51 bits per heavy atom. The van der Waals surface area contributed by atoms with Crippen molar-refractivity contribution in [2.24, 2.45) is 0 Å². The van der Waals surface area contributed by atoms with Crippen LogP contribution in [0.5, 0.6) is 23.0 Å². The second kappa shape index (κ2) is 10.9. The van der Waals surface area contributed by atoms with Crippen molar-refractivity contribution in [3.05, 3.63) is 53.7 Å². The fraction of sp³-hybridized carbons (Fsp3) is 0.370. The average molecular weight is 505 g/mol. The van der Waals surface area contributed by atoms with Crippen LogP contribution < -0.4 is 10.1 Å².